The Labute approximate surface area is 137 Å². The summed E-state index contributed by atoms with van der Waals surface area (Å²) >= 11 is 7.26. The van der Waals surface area contributed by atoms with Gasteiger partial charge in [0.15, 0.2) is 0 Å². The zero-order valence-corrected chi connectivity index (χ0v) is 13.6. The number of carbonyl (C=O) groups excluding carboxylic acids is 1. The topological polar surface area (TPSA) is 76.1 Å². The maximum absolute atomic E-state index is 11.9. The molecule has 0 bridgehead atoms. The number of thioether (sulfide) groups is 1. The van der Waals surface area contributed by atoms with E-state index in [1.807, 2.05) is 6.26 Å². The lowest BCUT2D eigenvalue weighted by Crippen LogP contribution is -2.10. The third-order valence-electron chi connectivity index (χ3n) is 3.21. The summed E-state index contributed by atoms with van der Waals surface area (Å²) in [7, 11) is 1.28. The van der Waals surface area contributed by atoms with E-state index in [0.29, 0.717) is 15.5 Å². The second kappa shape index (κ2) is 6.73. The Morgan fingerprint density at radius 1 is 1.36 bits per heavy atom. The van der Waals surface area contributed by atoms with Gasteiger partial charge in [-0.15, -0.1) is 11.8 Å². The number of halogens is 1. The normalized spacial score (nSPS) is 10.1. The number of hydrogen-bond donors (Lipinski definition) is 1. The van der Waals surface area contributed by atoms with Crippen LogP contribution in [0.3, 0.4) is 0 Å². The Hall–Kier alpha value is -2.16. The summed E-state index contributed by atoms with van der Waals surface area (Å²) in [5.74, 6) is -0.555. The van der Waals surface area contributed by atoms with Crippen LogP contribution >= 0.6 is 23.4 Å². The van der Waals surface area contributed by atoms with Crippen molar-refractivity contribution in [3.63, 3.8) is 0 Å². The standard InChI is InChI=1S/C16H13ClN2O2S/c1-21-16(20)14-13(22-2)7-11(12(8-18)15(14)19)9-3-5-10(17)6-4-9/h3-7H,19H2,1-2H3. The third kappa shape index (κ3) is 2.89. The molecule has 0 atom stereocenters. The molecule has 2 rings (SSSR count). The van der Waals surface area contributed by atoms with Gasteiger partial charge in [0, 0.05) is 15.5 Å². The number of methoxy groups -OCH3 is 1. The van der Waals surface area contributed by atoms with Gasteiger partial charge >= 0.3 is 5.97 Å². The zero-order chi connectivity index (χ0) is 16.3. The molecule has 4 nitrogen and oxygen atoms in total. The zero-order valence-electron chi connectivity index (χ0n) is 12.0. The Bertz CT molecular complexity index is 767. The second-order valence-corrected chi connectivity index (χ2v) is 5.68. The molecule has 2 aromatic carbocycles. The van der Waals surface area contributed by atoms with E-state index in [2.05, 4.69) is 6.07 Å². The fourth-order valence-electron chi connectivity index (χ4n) is 2.13. The lowest BCUT2D eigenvalue weighted by atomic mass is 9.96. The first kappa shape index (κ1) is 16.2. The van der Waals surface area contributed by atoms with Crippen molar-refractivity contribution >= 4 is 35.0 Å². The third-order valence-corrected chi connectivity index (χ3v) is 4.22. The molecule has 0 unspecified atom stereocenters. The number of nitrogen functional groups attached to an aromatic ring is 1. The Balaban J connectivity index is 2.76. The van der Waals surface area contributed by atoms with E-state index in [1.54, 1.807) is 30.3 Å². The minimum Gasteiger partial charge on any atom is -0.465 e. The van der Waals surface area contributed by atoms with Gasteiger partial charge < -0.3 is 10.5 Å². The number of rotatable bonds is 3. The molecule has 0 saturated carbocycles. The quantitative estimate of drug-likeness (QED) is 0.523. The van der Waals surface area contributed by atoms with Crippen LogP contribution in [0.2, 0.25) is 5.02 Å². The van der Waals surface area contributed by atoms with Crippen LogP contribution in [0.5, 0.6) is 0 Å². The molecule has 112 valence electrons. The number of nitriles is 1. The van der Waals surface area contributed by atoms with Gasteiger partial charge in [-0.25, -0.2) is 4.79 Å². The van der Waals surface area contributed by atoms with Crippen LogP contribution in [0.4, 0.5) is 5.69 Å². The molecular formula is C16H13ClN2O2S. The molecule has 0 spiro atoms. The predicted molar refractivity (Wildman–Crippen MR) is 89.1 cm³/mol. The Kier molecular flexibility index (Phi) is 4.96. The predicted octanol–water partition coefficient (Wildman–Crippen LogP) is 3.97. The van der Waals surface area contributed by atoms with Crippen molar-refractivity contribution in [3.05, 3.63) is 46.5 Å². The molecule has 2 N–H and O–H groups in total. The fourth-order valence-corrected chi connectivity index (χ4v) is 2.89. The number of carbonyl (C=O) groups is 1. The van der Waals surface area contributed by atoms with Crippen LogP contribution in [0.25, 0.3) is 11.1 Å². The monoisotopic (exact) mass is 332 g/mol. The molecule has 2 aromatic rings. The van der Waals surface area contributed by atoms with Gasteiger partial charge in [0.2, 0.25) is 0 Å². The largest absolute Gasteiger partial charge is 0.465 e. The lowest BCUT2D eigenvalue weighted by molar-refractivity contribution is 0.0598. The van der Waals surface area contributed by atoms with Crippen LogP contribution in [0.15, 0.2) is 35.2 Å². The average Bonchev–Trinajstić information content (AvgIpc) is 2.54. The summed E-state index contributed by atoms with van der Waals surface area (Å²) in [5, 5.41) is 10.0. The number of esters is 1. The summed E-state index contributed by atoms with van der Waals surface area (Å²) in [4.78, 5) is 12.6. The molecule has 0 aromatic heterocycles. The first-order valence-electron chi connectivity index (χ1n) is 6.28. The molecule has 0 amide bonds. The number of nitrogens with two attached hydrogens (primary N) is 1. The molecule has 0 aliphatic rings. The Morgan fingerprint density at radius 2 is 2.00 bits per heavy atom. The van der Waals surface area contributed by atoms with Crippen LogP contribution < -0.4 is 5.73 Å². The van der Waals surface area contributed by atoms with E-state index >= 15 is 0 Å². The van der Waals surface area contributed by atoms with Gasteiger partial charge in [-0.1, -0.05) is 23.7 Å². The number of hydrogen-bond acceptors (Lipinski definition) is 5. The van der Waals surface area contributed by atoms with Crippen molar-refractivity contribution < 1.29 is 9.53 Å². The van der Waals surface area contributed by atoms with Gasteiger partial charge in [0.05, 0.1) is 23.9 Å². The molecule has 0 radical (unpaired) electrons. The number of benzene rings is 2. The van der Waals surface area contributed by atoms with E-state index in [-0.39, 0.29) is 16.8 Å². The van der Waals surface area contributed by atoms with E-state index in [0.717, 1.165) is 5.56 Å². The molecule has 0 fully saturated rings. The van der Waals surface area contributed by atoms with E-state index in [9.17, 15) is 10.1 Å². The smallest absolute Gasteiger partial charge is 0.341 e. The van der Waals surface area contributed by atoms with Crippen molar-refractivity contribution in [1.29, 1.82) is 5.26 Å². The van der Waals surface area contributed by atoms with Crippen molar-refractivity contribution in [3.8, 4) is 17.2 Å². The number of anilines is 1. The van der Waals surface area contributed by atoms with Gasteiger partial charge in [-0.2, -0.15) is 5.26 Å². The van der Waals surface area contributed by atoms with Crippen LogP contribution in [0.1, 0.15) is 15.9 Å². The van der Waals surface area contributed by atoms with Crippen molar-refractivity contribution in [2.45, 2.75) is 4.90 Å². The van der Waals surface area contributed by atoms with E-state index in [4.69, 9.17) is 22.1 Å². The molecule has 0 heterocycles. The van der Waals surface area contributed by atoms with E-state index < -0.39 is 5.97 Å². The maximum Gasteiger partial charge on any atom is 0.341 e. The van der Waals surface area contributed by atoms with Crippen LogP contribution in [-0.4, -0.2) is 19.3 Å². The molecule has 22 heavy (non-hydrogen) atoms. The molecule has 0 saturated heterocycles. The highest BCUT2D eigenvalue weighted by Crippen LogP contribution is 2.37. The molecule has 6 heteroatoms. The van der Waals surface area contributed by atoms with Gasteiger partial charge in [-0.05, 0) is 30.0 Å². The van der Waals surface area contributed by atoms with Gasteiger partial charge in [0.25, 0.3) is 0 Å². The highest BCUT2D eigenvalue weighted by atomic mass is 35.5. The molecule has 0 aliphatic carbocycles. The summed E-state index contributed by atoms with van der Waals surface area (Å²) in [5.41, 5.74) is 8.13. The highest BCUT2D eigenvalue weighted by molar-refractivity contribution is 7.98. The molecular weight excluding hydrogens is 320 g/mol. The summed E-state index contributed by atoms with van der Waals surface area (Å²) in [6, 6.07) is 10.9. The summed E-state index contributed by atoms with van der Waals surface area (Å²) < 4.78 is 4.76. The second-order valence-electron chi connectivity index (χ2n) is 4.40. The van der Waals surface area contributed by atoms with Crippen molar-refractivity contribution in [1.82, 2.24) is 0 Å². The summed E-state index contributed by atoms with van der Waals surface area (Å²) in [6.45, 7) is 0. The number of nitrogens with zero attached hydrogens (tertiary/aromatic N) is 1. The average molecular weight is 333 g/mol. The minimum absolute atomic E-state index is 0.131. The minimum atomic E-state index is -0.555. The van der Waals surface area contributed by atoms with Crippen LogP contribution in [0, 0.1) is 11.3 Å². The first-order valence-corrected chi connectivity index (χ1v) is 7.88. The maximum atomic E-state index is 11.9. The Morgan fingerprint density at radius 3 is 2.50 bits per heavy atom. The number of ether oxygens (including phenoxy) is 1. The van der Waals surface area contributed by atoms with E-state index in [1.165, 1.54) is 18.9 Å². The fraction of sp³-hybridized carbons (Fsp3) is 0.125. The summed E-state index contributed by atoms with van der Waals surface area (Å²) in [6.07, 6.45) is 1.83. The van der Waals surface area contributed by atoms with Crippen LogP contribution in [-0.2, 0) is 4.74 Å². The van der Waals surface area contributed by atoms with Crippen molar-refractivity contribution in [2.75, 3.05) is 19.1 Å². The lowest BCUT2D eigenvalue weighted by Gasteiger charge is -2.14. The van der Waals surface area contributed by atoms with Crippen molar-refractivity contribution in [2.24, 2.45) is 0 Å². The highest BCUT2D eigenvalue weighted by Gasteiger charge is 2.22. The first-order chi connectivity index (χ1) is 10.5. The van der Waals surface area contributed by atoms with Gasteiger partial charge in [0.1, 0.15) is 6.07 Å². The van der Waals surface area contributed by atoms with Gasteiger partial charge in [-0.3, -0.25) is 0 Å². The SMILES string of the molecule is COC(=O)c1c(SC)cc(-c2ccc(Cl)cc2)c(C#N)c1N. The molecule has 0 aliphatic heterocycles.